The number of carbonyl (C=O) groups excluding carboxylic acids is 1. The molecule has 0 heterocycles. The van der Waals surface area contributed by atoms with Crippen molar-refractivity contribution in [3.8, 4) is 5.75 Å². The maximum absolute atomic E-state index is 12.2. The number of phenolic OH excluding ortho intramolecular Hbond substituents is 1. The molecule has 0 spiro atoms. The molecule has 0 aliphatic carbocycles. The highest BCUT2D eigenvalue weighted by Crippen LogP contribution is 2.30. The van der Waals surface area contributed by atoms with Gasteiger partial charge in [0.15, 0.2) is 5.11 Å². The third kappa shape index (κ3) is 3.84. The standard InChI is InChI=1S/C16H15BrN2O2S/c1-9-5-3-4-6-12(9)15(21)19-16(22)18-11-7-10(2)14(20)13(17)8-11/h3-8,20H,1-2H3,(H2,18,19,21,22). The Hall–Kier alpha value is -1.92. The molecular weight excluding hydrogens is 364 g/mol. The van der Waals surface area contributed by atoms with Crippen LogP contribution in [-0.4, -0.2) is 16.1 Å². The molecule has 114 valence electrons. The van der Waals surface area contributed by atoms with Crippen molar-refractivity contribution in [3.63, 3.8) is 0 Å². The van der Waals surface area contributed by atoms with Crippen LogP contribution in [0.15, 0.2) is 40.9 Å². The molecule has 4 nitrogen and oxygen atoms in total. The van der Waals surface area contributed by atoms with Crippen molar-refractivity contribution in [2.24, 2.45) is 0 Å². The minimum Gasteiger partial charge on any atom is -0.506 e. The molecule has 0 aliphatic heterocycles. The second-order valence-corrected chi connectivity index (χ2v) is 6.11. The van der Waals surface area contributed by atoms with E-state index in [2.05, 4.69) is 26.6 Å². The lowest BCUT2D eigenvalue weighted by Gasteiger charge is -2.12. The Balaban J connectivity index is 2.08. The van der Waals surface area contributed by atoms with Gasteiger partial charge in [0.05, 0.1) is 4.47 Å². The number of rotatable bonds is 2. The summed E-state index contributed by atoms with van der Waals surface area (Å²) < 4.78 is 0.558. The summed E-state index contributed by atoms with van der Waals surface area (Å²) in [5, 5.41) is 15.5. The van der Waals surface area contributed by atoms with Crippen LogP contribution in [0.5, 0.6) is 5.75 Å². The number of phenols is 1. The zero-order chi connectivity index (χ0) is 16.3. The van der Waals surface area contributed by atoms with Gasteiger partial charge < -0.3 is 10.4 Å². The SMILES string of the molecule is Cc1ccccc1C(=O)NC(=S)Nc1cc(C)c(O)c(Br)c1. The smallest absolute Gasteiger partial charge is 0.257 e. The van der Waals surface area contributed by atoms with Crippen LogP contribution in [0.1, 0.15) is 21.5 Å². The number of hydrogen-bond acceptors (Lipinski definition) is 3. The third-order valence-electron chi connectivity index (χ3n) is 3.13. The highest BCUT2D eigenvalue weighted by Gasteiger charge is 2.11. The van der Waals surface area contributed by atoms with Gasteiger partial charge in [-0.25, -0.2) is 0 Å². The third-order valence-corrected chi connectivity index (χ3v) is 3.94. The number of aromatic hydroxyl groups is 1. The van der Waals surface area contributed by atoms with Crippen molar-refractivity contribution in [3.05, 3.63) is 57.6 Å². The monoisotopic (exact) mass is 378 g/mol. The first kappa shape index (κ1) is 16.5. The van der Waals surface area contributed by atoms with Crippen molar-refractivity contribution in [1.29, 1.82) is 0 Å². The first-order valence-electron chi connectivity index (χ1n) is 6.55. The predicted molar refractivity (Wildman–Crippen MR) is 95.4 cm³/mol. The van der Waals surface area contributed by atoms with E-state index in [4.69, 9.17) is 12.2 Å². The van der Waals surface area contributed by atoms with Crippen LogP contribution in [-0.2, 0) is 0 Å². The fraction of sp³-hybridized carbons (Fsp3) is 0.125. The Bertz CT molecular complexity index is 724. The maximum Gasteiger partial charge on any atom is 0.257 e. The number of benzene rings is 2. The molecule has 3 N–H and O–H groups in total. The summed E-state index contributed by atoms with van der Waals surface area (Å²) in [5.74, 6) is -0.0782. The maximum atomic E-state index is 12.2. The molecule has 2 rings (SSSR count). The van der Waals surface area contributed by atoms with E-state index in [1.807, 2.05) is 19.1 Å². The normalized spacial score (nSPS) is 10.1. The van der Waals surface area contributed by atoms with Gasteiger partial charge in [-0.15, -0.1) is 0 Å². The van der Waals surface area contributed by atoms with Gasteiger partial charge in [0, 0.05) is 11.3 Å². The Morgan fingerprint density at radius 1 is 1.18 bits per heavy atom. The second kappa shape index (κ2) is 6.89. The molecule has 0 atom stereocenters. The van der Waals surface area contributed by atoms with E-state index in [0.717, 1.165) is 5.56 Å². The van der Waals surface area contributed by atoms with Crippen molar-refractivity contribution in [2.75, 3.05) is 5.32 Å². The number of amides is 1. The van der Waals surface area contributed by atoms with Gasteiger partial charge >= 0.3 is 0 Å². The Labute approximate surface area is 142 Å². The van der Waals surface area contributed by atoms with Crippen molar-refractivity contribution >= 4 is 44.9 Å². The van der Waals surface area contributed by atoms with Crippen LogP contribution in [0, 0.1) is 13.8 Å². The Kier molecular flexibility index (Phi) is 5.15. The number of anilines is 1. The number of halogens is 1. The molecule has 6 heteroatoms. The van der Waals surface area contributed by atoms with Crippen molar-refractivity contribution in [1.82, 2.24) is 5.32 Å². The number of hydrogen-bond donors (Lipinski definition) is 3. The van der Waals surface area contributed by atoms with E-state index in [9.17, 15) is 9.90 Å². The molecule has 0 saturated carbocycles. The molecule has 0 fully saturated rings. The summed E-state index contributed by atoms with van der Waals surface area (Å²) >= 11 is 8.42. The fourth-order valence-corrected chi connectivity index (χ4v) is 2.74. The van der Waals surface area contributed by atoms with E-state index in [1.165, 1.54) is 0 Å². The van der Waals surface area contributed by atoms with E-state index in [0.29, 0.717) is 21.3 Å². The first-order chi connectivity index (χ1) is 10.4. The van der Waals surface area contributed by atoms with E-state index in [1.54, 1.807) is 31.2 Å². The number of thiocarbonyl (C=S) groups is 1. The molecule has 0 unspecified atom stereocenters. The lowest BCUT2D eigenvalue weighted by molar-refractivity contribution is 0.0977. The second-order valence-electron chi connectivity index (χ2n) is 4.85. The fourth-order valence-electron chi connectivity index (χ4n) is 1.97. The molecule has 0 saturated heterocycles. The average molecular weight is 379 g/mol. The van der Waals surface area contributed by atoms with Gasteiger partial charge in [-0.05, 0) is 71.3 Å². The summed E-state index contributed by atoms with van der Waals surface area (Å²) in [6.45, 7) is 3.64. The molecule has 1 amide bonds. The summed E-state index contributed by atoms with van der Waals surface area (Å²) in [6.07, 6.45) is 0. The summed E-state index contributed by atoms with van der Waals surface area (Å²) in [5.41, 5.74) is 2.84. The minimum absolute atomic E-state index is 0.181. The van der Waals surface area contributed by atoms with Gasteiger partial charge in [-0.1, -0.05) is 18.2 Å². The molecule has 2 aromatic carbocycles. The first-order valence-corrected chi connectivity index (χ1v) is 7.75. The molecule has 0 aromatic heterocycles. The topological polar surface area (TPSA) is 61.4 Å². The molecule has 0 bridgehead atoms. The van der Waals surface area contributed by atoms with E-state index >= 15 is 0 Å². The Morgan fingerprint density at radius 3 is 2.50 bits per heavy atom. The van der Waals surface area contributed by atoms with Gasteiger partial charge in [0.25, 0.3) is 5.91 Å². The average Bonchev–Trinajstić information content (AvgIpc) is 2.44. The highest BCUT2D eigenvalue weighted by atomic mass is 79.9. The van der Waals surface area contributed by atoms with Gasteiger partial charge in [-0.2, -0.15) is 0 Å². The number of carbonyl (C=O) groups is 1. The van der Waals surface area contributed by atoms with Crippen molar-refractivity contribution in [2.45, 2.75) is 13.8 Å². The lowest BCUT2D eigenvalue weighted by atomic mass is 10.1. The number of aryl methyl sites for hydroxylation is 2. The Morgan fingerprint density at radius 2 is 1.86 bits per heavy atom. The minimum atomic E-state index is -0.259. The molecular formula is C16H15BrN2O2S. The van der Waals surface area contributed by atoms with Gasteiger partial charge in [-0.3, -0.25) is 10.1 Å². The van der Waals surface area contributed by atoms with Crippen LogP contribution in [0.25, 0.3) is 0 Å². The van der Waals surface area contributed by atoms with Crippen LogP contribution in [0.2, 0.25) is 0 Å². The number of nitrogens with one attached hydrogen (secondary N) is 2. The molecule has 22 heavy (non-hydrogen) atoms. The lowest BCUT2D eigenvalue weighted by Crippen LogP contribution is -2.34. The van der Waals surface area contributed by atoms with Crippen LogP contribution in [0.3, 0.4) is 0 Å². The van der Waals surface area contributed by atoms with Crippen LogP contribution in [0.4, 0.5) is 5.69 Å². The van der Waals surface area contributed by atoms with Crippen LogP contribution >= 0.6 is 28.1 Å². The van der Waals surface area contributed by atoms with Gasteiger partial charge in [0.2, 0.25) is 0 Å². The summed E-state index contributed by atoms with van der Waals surface area (Å²) in [6, 6.07) is 10.7. The zero-order valence-corrected chi connectivity index (χ0v) is 14.5. The molecule has 2 aromatic rings. The summed E-state index contributed by atoms with van der Waals surface area (Å²) in [4.78, 5) is 12.2. The zero-order valence-electron chi connectivity index (χ0n) is 12.1. The highest BCUT2D eigenvalue weighted by molar-refractivity contribution is 9.10. The largest absolute Gasteiger partial charge is 0.506 e. The van der Waals surface area contributed by atoms with Crippen molar-refractivity contribution < 1.29 is 9.90 Å². The van der Waals surface area contributed by atoms with E-state index in [-0.39, 0.29) is 16.8 Å². The van der Waals surface area contributed by atoms with E-state index < -0.39 is 0 Å². The van der Waals surface area contributed by atoms with Gasteiger partial charge in [0.1, 0.15) is 5.75 Å². The quantitative estimate of drug-likeness (QED) is 0.547. The molecule has 0 radical (unpaired) electrons. The molecule has 0 aliphatic rings. The predicted octanol–water partition coefficient (Wildman–Crippen LogP) is 3.90. The summed E-state index contributed by atoms with van der Waals surface area (Å²) in [7, 11) is 0. The van der Waals surface area contributed by atoms with Crippen LogP contribution < -0.4 is 10.6 Å².